The summed E-state index contributed by atoms with van der Waals surface area (Å²) in [5.74, 6) is -0.0828. The molecular weight excluding hydrogens is 216 g/mol. The van der Waals surface area contributed by atoms with Crippen LogP contribution in [-0.2, 0) is 9.53 Å². The summed E-state index contributed by atoms with van der Waals surface area (Å²) in [6.45, 7) is 2.87. The van der Waals surface area contributed by atoms with E-state index in [1.807, 2.05) is 31.2 Å². The molecule has 0 spiro atoms. The third kappa shape index (κ3) is 2.33. The molecule has 0 aromatic heterocycles. The summed E-state index contributed by atoms with van der Waals surface area (Å²) in [6, 6.07) is 7.81. The lowest BCUT2D eigenvalue weighted by atomic mass is 9.98. The fourth-order valence-corrected chi connectivity index (χ4v) is 2.04. The molecule has 1 fully saturated rings. The van der Waals surface area contributed by atoms with Crippen molar-refractivity contribution in [3.8, 4) is 0 Å². The second-order valence-electron chi connectivity index (χ2n) is 4.66. The lowest BCUT2D eigenvalue weighted by Crippen LogP contribution is -2.55. The molecule has 92 valence electrons. The zero-order valence-corrected chi connectivity index (χ0v) is 10.3. The quantitative estimate of drug-likeness (QED) is 0.833. The van der Waals surface area contributed by atoms with E-state index in [2.05, 4.69) is 0 Å². The average molecular weight is 234 g/mol. The average Bonchev–Trinajstić information content (AvgIpc) is 2.75. The van der Waals surface area contributed by atoms with Gasteiger partial charge in [-0.1, -0.05) is 12.1 Å². The molecule has 0 bridgehead atoms. The lowest BCUT2D eigenvalue weighted by Gasteiger charge is -2.27. The van der Waals surface area contributed by atoms with Crippen molar-refractivity contribution >= 4 is 11.6 Å². The Balaban J connectivity index is 2.20. The van der Waals surface area contributed by atoms with Gasteiger partial charge >= 0.3 is 0 Å². The molecule has 2 N–H and O–H groups in total. The van der Waals surface area contributed by atoms with Gasteiger partial charge in [0, 0.05) is 19.3 Å². The predicted molar refractivity (Wildman–Crippen MR) is 66.9 cm³/mol. The van der Waals surface area contributed by atoms with Crippen LogP contribution in [0.5, 0.6) is 0 Å². The van der Waals surface area contributed by atoms with E-state index in [0.29, 0.717) is 19.6 Å². The van der Waals surface area contributed by atoms with Crippen LogP contribution >= 0.6 is 0 Å². The topological polar surface area (TPSA) is 55.6 Å². The SMILES string of the molecule is Cc1cccc(N(C)C(=O)C2(N)CCOC2)c1. The molecule has 1 amide bonds. The monoisotopic (exact) mass is 234 g/mol. The fraction of sp³-hybridized carbons (Fsp3) is 0.462. The normalized spacial score (nSPS) is 23.7. The number of hydrogen-bond donors (Lipinski definition) is 1. The molecule has 1 unspecified atom stereocenters. The number of nitrogens with two attached hydrogens (primary N) is 1. The van der Waals surface area contributed by atoms with Crippen molar-refractivity contribution in [2.75, 3.05) is 25.2 Å². The Kier molecular flexibility index (Phi) is 3.17. The molecule has 17 heavy (non-hydrogen) atoms. The standard InChI is InChI=1S/C13H18N2O2/c1-10-4-3-5-11(8-10)15(2)12(16)13(14)6-7-17-9-13/h3-5,8H,6-7,9,14H2,1-2H3. The summed E-state index contributed by atoms with van der Waals surface area (Å²) < 4.78 is 5.22. The first kappa shape index (κ1) is 12.1. The van der Waals surface area contributed by atoms with Crippen LogP contribution in [0.15, 0.2) is 24.3 Å². The summed E-state index contributed by atoms with van der Waals surface area (Å²) in [7, 11) is 1.75. The van der Waals surface area contributed by atoms with Crippen molar-refractivity contribution in [3.05, 3.63) is 29.8 Å². The molecule has 1 aromatic rings. The maximum atomic E-state index is 12.3. The van der Waals surface area contributed by atoms with E-state index < -0.39 is 5.54 Å². The van der Waals surface area contributed by atoms with Crippen molar-refractivity contribution in [1.29, 1.82) is 0 Å². The number of carbonyl (C=O) groups is 1. The van der Waals surface area contributed by atoms with Crippen LogP contribution < -0.4 is 10.6 Å². The number of carbonyl (C=O) groups excluding carboxylic acids is 1. The van der Waals surface area contributed by atoms with E-state index >= 15 is 0 Å². The molecule has 1 aromatic carbocycles. The smallest absolute Gasteiger partial charge is 0.249 e. The highest BCUT2D eigenvalue weighted by Gasteiger charge is 2.40. The summed E-state index contributed by atoms with van der Waals surface area (Å²) in [5, 5.41) is 0. The van der Waals surface area contributed by atoms with E-state index in [-0.39, 0.29) is 5.91 Å². The highest BCUT2D eigenvalue weighted by Crippen LogP contribution is 2.22. The molecular formula is C13H18N2O2. The van der Waals surface area contributed by atoms with Gasteiger partial charge in [0.15, 0.2) is 0 Å². The first-order chi connectivity index (χ1) is 8.03. The Bertz CT molecular complexity index is 425. The zero-order chi connectivity index (χ0) is 12.5. The highest BCUT2D eigenvalue weighted by molar-refractivity contribution is 6.00. The summed E-state index contributed by atoms with van der Waals surface area (Å²) >= 11 is 0. The van der Waals surface area contributed by atoms with Crippen molar-refractivity contribution < 1.29 is 9.53 Å². The van der Waals surface area contributed by atoms with Gasteiger partial charge in [-0.15, -0.1) is 0 Å². The summed E-state index contributed by atoms with van der Waals surface area (Å²) in [5.41, 5.74) is 7.19. The zero-order valence-electron chi connectivity index (χ0n) is 10.3. The Morgan fingerprint density at radius 3 is 2.88 bits per heavy atom. The second-order valence-corrected chi connectivity index (χ2v) is 4.66. The molecule has 0 aliphatic carbocycles. The summed E-state index contributed by atoms with van der Waals surface area (Å²) in [4.78, 5) is 13.9. The molecule has 0 saturated carbocycles. The van der Waals surface area contributed by atoms with E-state index in [0.717, 1.165) is 11.3 Å². The van der Waals surface area contributed by atoms with Gasteiger partial charge in [-0.3, -0.25) is 4.79 Å². The van der Waals surface area contributed by atoms with Gasteiger partial charge in [-0.25, -0.2) is 0 Å². The van der Waals surface area contributed by atoms with Gasteiger partial charge < -0.3 is 15.4 Å². The van der Waals surface area contributed by atoms with Gasteiger partial charge in [0.25, 0.3) is 0 Å². The molecule has 4 heteroatoms. The van der Waals surface area contributed by atoms with Gasteiger partial charge in [0.05, 0.1) is 6.61 Å². The number of nitrogens with zero attached hydrogens (tertiary/aromatic N) is 1. The first-order valence-electron chi connectivity index (χ1n) is 5.74. The number of ether oxygens (including phenoxy) is 1. The fourth-order valence-electron chi connectivity index (χ4n) is 2.04. The number of benzene rings is 1. The van der Waals surface area contributed by atoms with Crippen LogP contribution in [0.4, 0.5) is 5.69 Å². The molecule has 2 rings (SSSR count). The van der Waals surface area contributed by atoms with Gasteiger partial charge in [-0.2, -0.15) is 0 Å². The van der Waals surface area contributed by atoms with Crippen LogP contribution in [0.25, 0.3) is 0 Å². The number of rotatable bonds is 2. The molecule has 1 atom stereocenters. The van der Waals surface area contributed by atoms with Crippen molar-refractivity contribution in [1.82, 2.24) is 0 Å². The third-order valence-electron chi connectivity index (χ3n) is 3.17. The number of anilines is 1. The Labute approximate surface area is 101 Å². The van der Waals surface area contributed by atoms with E-state index in [4.69, 9.17) is 10.5 Å². The van der Waals surface area contributed by atoms with Crippen molar-refractivity contribution in [3.63, 3.8) is 0 Å². The van der Waals surface area contributed by atoms with Crippen LogP contribution in [0.1, 0.15) is 12.0 Å². The molecule has 1 aliphatic heterocycles. The summed E-state index contributed by atoms with van der Waals surface area (Å²) in [6.07, 6.45) is 0.585. The van der Waals surface area contributed by atoms with Gasteiger partial charge in [-0.05, 0) is 31.0 Å². The van der Waals surface area contributed by atoms with Crippen LogP contribution in [0, 0.1) is 6.92 Å². The van der Waals surface area contributed by atoms with Crippen molar-refractivity contribution in [2.24, 2.45) is 5.73 Å². The van der Waals surface area contributed by atoms with Crippen LogP contribution in [0.3, 0.4) is 0 Å². The van der Waals surface area contributed by atoms with E-state index in [9.17, 15) is 4.79 Å². The number of aryl methyl sites for hydroxylation is 1. The predicted octanol–water partition coefficient (Wildman–Crippen LogP) is 1.08. The Hall–Kier alpha value is -1.39. The highest BCUT2D eigenvalue weighted by atomic mass is 16.5. The van der Waals surface area contributed by atoms with E-state index in [1.54, 1.807) is 11.9 Å². The maximum Gasteiger partial charge on any atom is 0.249 e. The largest absolute Gasteiger partial charge is 0.379 e. The third-order valence-corrected chi connectivity index (χ3v) is 3.17. The number of likely N-dealkylation sites (N-methyl/N-ethyl adjacent to an activating group) is 1. The number of hydrogen-bond acceptors (Lipinski definition) is 3. The molecule has 0 radical (unpaired) electrons. The minimum absolute atomic E-state index is 0.0828. The number of amides is 1. The van der Waals surface area contributed by atoms with Crippen LogP contribution in [0.2, 0.25) is 0 Å². The second kappa shape index (κ2) is 4.47. The Morgan fingerprint density at radius 1 is 1.53 bits per heavy atom. The molecule has 1 heterocycles. The maximum absolute atomic E-state index is 12.3. The molecule has 4 nitrogen and oxygen atoms in total. The van der Waals surface area contributed by atoms with Crippen LogP contribution in [-0.4, -0.2) is 31.7 Å². The first-order valence-corrected chi connectivity index (χ1v) is 5.74. The minimum atomic E-state index is -0.863. The van der Waals surface area contributed by atoms with Gasteiger partial charge in [0.1, 0.15) is 5.54 Å². The minimum Gasteiger partial charge on any atom is -0.379 e. The van der Waals surface area contributed by atoms with Crippen molar-refractivity contribution in [2.45, 2.75) is 18.9 Å². The lowest BCUT2D eigenvalue weighted by molar-refractivity contribution is -0.123. The Morgan fingerprint density at radius 2 is 2.29 bits per heavy atom. The molecule has 1 saturated heterocycles. The molecule has 1 aliphatic rings. The van der Waals surface area contributed by atoms with Gasteiger partial charge in [0.2, 0.25) is 5.91 Å². The van der Waals surface area contributed by atoms with E-state index in [1.165, 1.54) is 0 Å².